The standard InChI is InChI=1S/C14H14BrNO.C2H2O4/c1-17-14-4-2-3-11(9-14)10-16-13-7-5-12(15)6-8-13;3-1(4)2(5)6/h2-9,16H,10H2,1H3;(H,3,4)(H,5,6). The summed E-state index contributed by atoms with van der Waals surface area (Å²) >= 11 is 3.42. The third-order valence-corrected chi connectivity index (χ3v) is 3.19. The van der Waals surface area contributed by atoms with Crippen LogP contribution in [-0.4, -0.2) is 29.3 Å². The summed E-state index contributed by atoms with van der Waals surface area (Å²) in [6.45, 7) is 0.791. The summed E-state index contributed by atoms with van der Waals surface area (Å²) < 4.78 is 6.28. The fourth-order valence-electron chi connectivity index (χ4n) is 1.55. The van der Waals surface area contributed by atoms with E-state index in [-0.39, 0.29) is 0 Å². The zero-order valence-electron chi connectivity index (χ0n) is 12.3. The highest BCUT2D eigenvalue weighted by atomic mass is 79.9. The van der Waals surface area contributed by atoms with Crippen LogP contribution in [0.5, 0.6) is 5.75 Å². The van der Waals surface area contributed by atoms with Crippen LogP contribution in [0.15, 0.2) is 53.0 Å². The lowest BCUT2D eigenvalue weighted by Gasteiger charge is -2.07. The number of anilines is 1. The maximum Gasteiger partial charge on any atom is 0.414 e. The topological polar surface area (TPSA) is 95.9 Å². The highest BCUT2D eigenvalue weighted by molar-refractivity contribution is 9.10. The summed E-state index contributed by atoms with van der Waals surface area (Å²) in [7, 11) is 1.68. The molecule has 122 valence electrons. The van der Waals surface area contributed by atoms with Crippen molar-refractivity contribution in [1.82, 2.24) is 0 Å². The van der Waals surface area contributed by atoms with Crippen molar-refractivity contribution in [2.24, 2.45) is 0 Å². The van der Waals surface area contributed by atoms with Crippen molar-refractivity contribution in [2.45, 2.75) is 6.54 Å². The molecule has 0 aliphatic rings. The van der Waals surface area contributed by atoms with E-state index in [0.29, 0.717) is 0 Å². The molecule has 0 heterocycles. The van der Waals surface area contributed by atoms with Gasteiger partial charge >= 0.3 is 11.9 Å². The Morgan fingerprint density at radius 3 is 2.22 bits per heavy atom. The quantitative estimate of drug-likeness (QED) is 0.703. The van der Waals surface area contributed by atoms with Gasteiger partial charge in [0.25, 0.3) is 0 Å². The van der Waals surface area contributed by atoms with Crippen molar-refractivity contribution < 1.29 is 24.5 Å². The van der Waals surface area contributed by atoms with Crippen LogP contribution in [0.25, 0.3) is 0 Å². The van der Waals surface area contributed by atoms with E-state index in [1.807, 2.05) is 42.5 Å². The van der Waals surface area contributed by atoms with Gasteiger partial charge in [-0.05, 0) is 42.0 Å². The fourth-order valence-corrected chi connectivity index (χ4v) is 1.82. The molecule has 23 heavy (non-hydrogen) atoms. The molecular formula is C16H16BrNO5. The van der Waals surface area contributed by atoms with E-state index in [4.69, 9.17) is 24.5 Å². The third-order valence-electron chi connectivity index (χ3n) is 2.66. The molecule has 0 atom stereocenters. The van der Waals surface area contributed by atoms with E-state index in [2.05, 4.69) is 27.3 Å². The SMILES string of the molecule is COc1cccc(CNc2ccc(Br)cc2)c1.O=C(O)C(=O)O. The van der Waals surface area contributed by atoms with E-state index in [1.165, 1.54) is 5.56 Å². The molecule has 2 rings (SSSR count). The van der Waals surface area contributed by atoms with Crippen LogP contribution in [0.3, 0.4) is 0 Å². The Kier molecular flexibility index (Phi) is 7.62. The number of carbonyl (C=O) groups is 2. The number of carboxylic acid groups (broad SMARTS) is 2. The van der Waals surface area contributed by atoms with Gasteiger partial charge in [0.1, 0.15) is 5.75 Å². The Labute approximate surface area is 141 Å². The number of hydrogen-bond acceptors (Lipinski definition) is 4. The number of carboxylic acids is 2. The lowest BCUT2D eigenvalue weighted by atomic mass is 10.2. The number of methoxy groups -OCH3 is 1. The predicted octanol–water partition coefficient (Wildman–Crippen LogP) is 3.23. The molecular weight excluding hydrogens is 366 g/mol. The molecule has 3 N–H and O–H groups in total. The van der Waals surface area contributed by atoms with E-state index in [0.717, 1.165) is 22.5 Å². The van der Waals surface area contributed by atoms with Crippen LogP contribution in [0.4, 0.5) is 5.69 Å². The monoisotopic (exact) mass is 381 g/mol. The lowest BCUT2D eigenvalue weighted by molar-refractivity contribution is -0.159. The zero-order valence-corrected chi connectivity index (χ0v) is 13.9. The largest absolute Gasteiger partial charge is 0.497 e. The minimum atomic E-state index is -1.82. The van der Waals surface area contributed by atoms with Gasteiger partial charge in [-0.25, -0.2) is 9.59 Å². The fraction of sp³-hybridized carbons (Fsp3) is 0.125. The second-order valence-electron chi connectivity index (χ2n) is 4.32. The van der Waals surface area contributed by atoms with Gasteiger partial charge in [0, 0.05) is 16.7 Å². The van der Waals surface area contributed by atoms with Crippen LogP contribution in [0.1, 0.15) is 5.56 Å². The van der Waals surface area contributed by atoms with Crippen molar-refractivity contribution in [2.75, 3.05) is 12.4 Å². The van der Waals surface area contributed by atoms with Crippen LogP contribution in [-0.2, 0) is 16.1 Å². The second kappa shape index (κ2) is 9.47. The molecule has 2 aromatic carbocycles. The summed E-state index contributed by atoms with van der Waals surface area (Å²) in [5.74, 6) is -2.76. The van der Waals surface area contributed by atoms with Crippen molar-refractivity contribution in [3.05, 3.63) is 58.6 Å². The summed E-state index contributed by atoms with van der Waals surface area (Å²) in [5, 5.41) is 18.1. The van der Waals surface area contributed by atoms with Crippen molar-refractivity contribution in [3.63, 3.8) is 0 Å². The first kappa shape index (κ1) is 18.5. The van der Waals surface area contributed by atoms with Gasteiger partial charge in [-0.2, -0.15) is 0 Å². The molecule has 0 aromatic heterocycles. The van der Waals surface area contributed by atoms with Crippen LogP contribution >= 0.6 is 15.9 Å². The van der Waals surface area contributed by atoms with E-state index >= 15 is 0 Å². The first-order chi connectivity index (χ1) is 10.9. The predicted molar refractivity (Wildman–Crippen MR) is 89.7 cm³/mol. The Bertz CT molecular complexity index is 646. The number of halogens is 1. The molecule has 2 aromatic rings. The van der Waals surface area contributed by atoms with Gasteiger partial charge in [0.15, 0.2) is 0 Å². The number of ether oxygens (including phenoxy) is 1. The molecule has 0 aliphatic carbocycles. The van der Waals surface area contributed by atoms with E-state index in [9.17, 15) is 0 Å². The molecule has 0 aliphatic heterocycles. The molecule has 6 nitrogen and oxygen atoms in total. The molecule has 0 spiro atoms. The molecule has 0 saturated carbocycles. The Morgan fingerprint density at radius 1 is 1.09 bits per heavy atom. The van der Waals surface area contributed by atoms with Gasteiger partial charge in [-0.15, -0.1) is 0 Å². The number of benzene rings is 2. The lowest BCUT2D eigenvalue weighted by Crippen LogP contribution is -2.09. The first-order valence-corrected chi connectivity index (χ1v) is 7.30. The number of rotatable bonds is 4. The molecule has 0 saturated heterocycles. The molecule has 0 bridgehead atoms. The number of aliphatic carboxylic acids is 2. The highest BCUT2D eigenvalue weighted by Crippen LogP contribution is 2.16. The second-order valence-corrected chi connectivity index (χ2v) is 5.24. The molecule has 7 heteroatoms. The van der Waals surface area contributed by atoms with Gasteiger partial charge in [0.2, 0.25) is 0 Å². The summed E-state index contributed by atoms with van der Waals surface area (Å²) in [5.41, 5.74) is 2.31. The molecule has 0 radical (unpaired) electrons. The van der Waals surface area contributed by atoms with Gasteiger partial charge in [-0.1, -0.05) is 28.1 Å². The third kappa shape index (κ3) is 7.32. The minimum absolute atomic E-state index is 0.791. The molecule has 0 unspecified atom stereocenters. The van der Waals surface area contributed by atoms with Crippen molar-refractivity contribution >= 4 is 33.6 Å². The van der Waals surface area contributed by atoms with E-state index < -0.39 is 11.9 Å². The van der Waals surface area contributed by atoms with Gasteiger partial charge in [0.05, 0.1) is 7.11 Å². The number of nitrogens with one attached hydrogen (secondary N) is 1. The molecule has 0 fully saturated rings. The zero-order chi connectivity index (χ0) is 17.2. The number of hydrogen-bond donors (Lipinski definition) is 3. The minimum Gasteiger partial charge on any atom is -0.497 e. The average Bonchev–Trinajstić information content (AvgIpc) is 2.55. The maximum atomic E-state index is 9.10. The van der Waals surface area contributed by atoms with Crippen LogP contribution < -0.4 is 10.1 Å². The van der Waals surface area contributed by atoms with Crippen molar-refractivity contribution in [1.29, 1.82) is 0 Å². The van der Waals surface area contributed by atoms with Gasteiger partial charge < -0.3 is 20.3 Å². The first-order valence-electron chi connectivity index (χ1n) is 6.51. The maximum absolute atomic E-state index is 9.10. The van der Waals surface area contributed by atoms with E-state index in [1.54, 1.807) is 7.11 Å². The Hall–Kier alpha value is -2.54. The summed E-state index contributed by atoms with van der Waals surface area (Å²) in [6, 6.07) is 16.2. The molecule has 0 amide bonds. The highest BCUT2D eigenvalue weighted by Gasteiger charge is 2.04. The van der Waals surface area contributed by atoms with Crippen LogP contribution in [0, 0.1) is 0 Å². The van der Waals surface area contributed by atoms with Crippen LogP contribution in [0.2, 0.25) is 0 Å². The van der Waals surface area contributed by atoms with Crippen molar-refractivity contribution in [3.8, 4) is 5.75 Å². The summed E-state index contributed by atoms with van der Waals surface area (Å²) in [4.78, 5) is 18.2. The van der Waals surface area contributed by atoms with Gasteiger partial charge in [-0.3, -0.25) is 0 Å². The normalized spacial score (nSPS) is 9.30. The summed E-state index contributed by atoms with van der Waals surface area (Å²) in [6.07, 6.45) is 0. The smallest absolute Gasteiger partial charge is 0.414 e. The Morgan fingerprint density at radius 2 is 1.70 bits per heavy atom. The Balaban J connectivity index is 0.000000379. The average molecular weight is 382 g/mol.